The van der Waals surface area contributed by atoms with E-state index < -0.39 is 17.7 Å². The topological polar surface area (TPSA) is 98.2 Å². The molecule has 1 aliphatic heterocycles. The number of benzene rings is 2. The molecular formula is C27H26N2O6. The average molecular weight is 475 g/mol. The molecule has 1 aromatic heterocycles. The van der Waals surface area contributed by atoms with Crippen LogP contribution in [0.1, 0.15) is 28.3 Å². The van der Waals surface area contributed by atoms with E-state index in [4.69, 9.17) is 14.2 Å². The Hall–Kier alpha value is -4.33. The number of aliphatic hydroxyl groups is 1. The van der Waals surface area contributed by atoms with E-state index >= 15 is 0 Å². The number of likely N-dealkylation sites (tertiary alicyclic amines) is 1. The molecule has 2 aromatic carbocycles. The summed E-state index contributed by atoms with van der Waals surface area (Å²) in [6, 6.07) is 13.0. The molecule has 35 heavy (non-hydrogen) atoms. The first-order chi connectivity index (χ1) is 16.9. The first kappa shape index (κ1) is 23.8. The molecule has 0 bridgehead atoms. The quantitative estimate of drug-likeness (QED) is 0.314. The molecule has 0 aliphatic carbocycles. The van der Waals surface area contributed by atoms with E-state index in [-0.39, 0.29) is 17.9 Å². The van der Waals surface area contributed by atoms with Gasteiger partial charge in [-0.05, 0) is 60.0 Å². The largest absolute Gasteiger partial charge is 0.507 e. The molecule has 1 saturated heterocycles. The highest BCUT2D eigenvalue weighted by atomic mass is 16.5. The highest BCUT2D eigenvalue weighted by molar-refractivity contribution is 6.46. The molecule has 0 saturated carbocycles. The van der Waals surface area contributed by atoms with Gasteiger partial charge in [0.2, 0.25) is 0 Å². The molecule has 1 aliphatic rings. The van der Waals surface area contributed by atoms with Crippen molar-refractivity contribution in [2.24, 2.45) is 0 Å². The molecule has 1 N–H and O–H groups in total. The van der Waals surface area contributed by atoms with Crippen molar-refractivity contribution in [2.45, 2.75) is 19.5 Å². The zero-order valence-corrected chi connectivity index (χ0v) is 19.9. The van der Waals surface area contributed by atoms with Crippen LogP contribution >= 0.6 is 0 Å². The van der Waals surface area contributed by atoms with Crippen LogP contribution < -0.4 is 14.2 Å². The maximum atomic E-state index is 13.3. The summed E-state index contributed by atoms with van der Waals surface area (Å²) in [5.41, 5.74) is 2.49. The molecule has 8 nitrogen and oxygen atoms in total. The predicted octanol–water partition coefficient (Wildman–Crippen LogP) is 4.04. The zero-order chi connectivity index (χ0) is 25.1. The number of hydrogen-bond acceptors (Lipinski definition) is 7. The standard InChI is InChI=1S/C27H26N2O6/c1-16-12-19(33-2)8-9-20(16)25(30)23-24(18-7-10-21(34-3)22(13-18)35-4)29(27(32)26(23)31)15-17-6-5-11-28-14-17/h5-14,24,30H,15H2,1-4H3/t24-/m1/s1. The Kier molecular flexibility index (Phi) is 6.73. The van der Waals surface area contributed by atoms with Gasteiger partial charge in [0.05, 0.1) is 32.9 Å². The van der Waals surface area contributed by atoms with Gasteiger partial charge in [-0.2, -0.15) is 0 Å². The number of ether oxygens (including phenoxy) is 3. The number of pyridine rings is 1. The molecule has 0 spiro atoms. The van der Waals surface area contributed by atoms with Gasteiger partial charge in [-0.1, -0.05) is 12.1 Å². The number of rotatable bonds is 7. The van der Waals surface area contributed by atoms with Gasteiger partial charge >= 0.3 is 0 Å². The number of ketones is 1. The van der Waals surface area contributed by atoms with Crippen molar-refractivity contribution in [1.82, 2.24) is 9.88 Å². The monoisotopic (exact) mass is 474 g/mol. The highest BCUT2D eigenvalue weighted by Gasteiger charge is 2.46. The first-order valence-corrected chi connectivity index (χ1v) is 10.9. The Bertz CT molecular complexity index is 1300. The number of carbonyl (C=O) groups excluding carboxylic acids is 2. The minimum Gasteiger partial charge on any atom is -0.507 e. The molecule has 3 aromatic rings. The molecule has 1 amide bonds. The van der Waals surface area contributed by atoms with Crippen molar-refractivity contribution in [1.29, 1.82) is 0 Å². The molecule has 1 fully saturated rings. The SMILES string of the molecule is COc1ccc(C(O)=C2C(=O)C(=O)N(Cc3cccnc3)[C@@H]2c2ccc(OC)c(OC)c2)c(C)c1. The second-order valence-corrected chi connectivity index (χ2v) is 8.08. The van der Waals surface area contributed by atoms with Crippen LogP contribution in [0, 0.1) is 6.92 Å². The van der Waals surface area contributed by atoms with Gasteiger partial charge in [-0.3, -0.25) is 14.6 Å². The first-order valence-electron chi connectivity index (χ1n) is 10.9. The lowest BCUT2D eigenvalue weighted by Crippen LogP contribution is -2.29. The summed E-state index contributed by atoms with van der Waals surface area (Å²) in [6.07, 6.45) is 3.27. The fourth-order valence-electron chi connectivity index (χ4n) is 4.27. The Morgan fingerprint density at radius 2 is 1.77 bits per heavy atom. The minimum absolute atomic E-state index is 0.000577. The summed E-state index contributed by atoms with van der Waals surface area (Å²) in [5, 5.41) is 11.4. The number of aromatic nitrogens is 1. The summed E-state index contributed by atoms with van der Waals surface area (Å²) in [6.45, 7) is 1.94. The van der Waals surface area contributed by atoms with Gasteiger partial charge in [0.1, 0.15) is 11.5 Å². The number of nitrogens with zero attached hydrogens (tertiary/aromatic N) is 2. The zero-order valence-electron chi connectivity index (χ0n) is 19.9. The van der Waals surface area contributed by atoms with Crippen molar-refractivity contribution >= 4 is 17.4 Å². The van der Waals surface area contributed by atoms with E-state index in [1.54, 1.807) is 68.9 Å². The molecule has 180 valence electrons. The van der Waals surface area contributed by atoms with Crippen molar-refractivity contribution in [3.05, 3.63) is 88.8 Å². The van der Waals surface area contributed by atoms with Crippen molar-refractivity contribution < 1.29 is 28.9 Å². The summed E-state index contributed by atoms with van der Waals surface area (Å²) >= 11 is 0. The Morgan fingerprint density at radius 1 is 1.00 bits per heavy atom. The number of aliphatic hydroxyl groups excluding tert-OH is 1. The lowest BCUT2D eigenvalue weighted by atomic mass is 9.93. The number of hydrogen-bond donors (Lipinski definition) is 1. The second-order valence-electron chi connectivity index (χ2n) is 8.08. The van der Waals surface area contributed by atoms with E-state index in [1.165, 1.54) is 19.1 Å². The van der Waals surface area contributed by atoms with Crippen molar-refractivity contribution in [2.75, 3.05) is 21.3 Å². The van der Waals surface area contributed by atoms with Gasteiger partial charge in [0, 0.05) is 24.5 Å². The second kappa shape index (κ2) is 9.89. The third-order valence-electron chi connectivity index (χ3n) is 6.03. The number of aryl methyl sites for hydroxylation is 1. The van der Waals surface area contributed by atoms with Gasteiger partial charge in [-0.25, -0.2) is 0 Å². The Morgan fingerprint density at radius 3 is 2.40 bits per heavy atom. The van der Waals surface area contributed by atoms with Crippen LogP contribution in [-0.2, 0) is 16.1 Å². The summed E-state index contributed by atoms with van der Waals surface area (Å²) in [7, 11) is 4.59. The van der Waals surface area contributed by atoms with E-state index in [2.05, 4.69) is 4.98 Å². The molecule has 8 heteroatoms. The molecule has 2 heterocycles. The number of Topliss-reactive ketones (excluding diaryl/α,β-unsaturated/α-hetero) is 1. The van der Waals surface area contributed by atoms with Gasteiger partial charge < -0.3 is 24.2 Å². The van der Waals surface area contributed by atoms with Gasteiger partial charge in [0.25, 0.3) is 11.7 Å². The normalized spacial score (nSPS) is 16.9. The van der Waals surface area contributed by atoms with Crippen LogP contribution in [0.15, 0.2) is 66.5 Å². The third-order valence-corrected chi connectivity index (χ3v) is 6.03. The maximum Gasteiger partial charge on any atom is 0.295 e. The number of amides is 1. The van der Waals surface area contributed by atoms with Crippen LogP contribution in [0.3, 0.4) is 0 Å². The Labute approximate surface area is 203 Å². The van der Waals surface area contributed by atoms with E-state index in [0.29, 0.717) is 33.9 Å². The van der Waals surface area contributed by atoms with Crippen LogP contribution in [-0.4, -0.2) is 48.0 Å². The lowest BCUT2D eigenvalue weighted by Gasteiger charge is -2.26. The van der Waals surface area contributed by atoms with Crippen LogP contribution in [0.5, 0.6) is 17.2 Å². The van der Waals surface area contributed by atoms with Gasteiger partial charge in [0.15, 0.2) is 11.5 Å². The summed E-state index contributed by atoms with van der Waals surface area (Å²) < 4.78 is 16.1. The Balaban J connectivity index is 1.91. The minimum atomic E-state index is -0.850. The van der Waals surface area contributed by atoms with Crippen LogP contribution in [0.4, 0.5) is 0 Å². The number of methoxy groups -OCH3 is 3. The molecule has 4 rings (SSSR count). The van der Waals surface area contributed by atoms with Crippen LogP contribution in [0.2, 0.25) is 0 Å². The van der Waals surface area contributed by atoms with Crippen molar-refractivity contribution in [3.63, 3.8) is 0 Å². The fourth-order valence-corrected chi connectivity index (χ4v) is 4.27. The fraction of sp³-hybridized carbons (Fsp3) is 0.222. The number of carbonyl (C=O) groups is 2. The van der Waals surface area contributed by atoms with Gasteiger partial charge in [-0.15, -0.1) is 0 Å². The molecule has 0 unspecified atom stereocenters. The average Bonchev–Trinajstić information content (AvgIpc) is 3.13. The van der Waals surface area contributed by atoms with Crippen molar-refractivity contribution in [3.8, 4) is 17.2 Å². The molecular weight excluding hydrogens is 448 g/mol. The van der Waals surface area contributed by atoms with E-state index in [0.717, 1.165) is 5.56 Å². The van der Waals surface area contributed by atoms with Crippen LogP contribution in [0.25, 0.3) is 5.76 Å². The molecule has 0 radical (unpaired) electrons. The maximum absolute atomic E-state index is 13.3. The van der Waals surface area contributed by atoms with E-state index in [9.17, 15) is 14.7 Å². The highest BCUT2D eigenvalue weighted by Crippen LogP contribution is 2.43. The lowest BCUT2D eigenvalue weighted by molar-refractivity contribution is -0.140. The van der Waals surface area contributed by atoms with E-state index in [1.807, 2.05) is 6.07 Å². The predicted molar refractivity (Wildman–Crippen MR) is 129 cm³/mol. The molecule has 1 atom stereocenters. The third kappa shape index (κ3) is 4.42. The smallest absolute Gasteiger partial charge is 0.295 e. The summed E-state index contributed by atoms with van der Waals surface area (Å²) in [5.74, 6) is -0.156. The summed E-state index contributed by atoms with van der Waals surface area (Å²) in [4.78, 5) is 32.1.